The van der Waals surface area contributed by atoms with Crippen molar-refractivity contribution in [3.05, 3.63) is 47.1 Å². The van der Waals surface area contributed by atoms with Crippen molar-refractivity contribution in [2.75, 3.05) is 26.2 Å². The van der Waals surface area contributed by atoms with Crippen molar-refractivity contribution in [2.45, 2.75) is 6.92 Å². The van der Waals surface area contributed by atoms with Gasteiger partial charge in [-0.2, -0.15) is 0 Å². The molecule has 0 bridgehead atoms. The van der Waals surface area contributed by atoms with E-state index in [0.29, 0.717) is 36.6 Å². The fraction of sp³-hybridized carbons (Fsp3) is 0.294. The average molecular weight is 332 g/mol. The maximum absolute atomic E-state index is 13.8. The quantitative estimate of drug-likeness (QED) is 0.848. The highest BCUT2D eigenvalue weighted by Gasteiger charge is 2.24. The first kappa shape index (κ1) is 15.7. The third-order valence-electron chi connectivity index (χ3n) is 3.97. The Morgan fingerprint density at radius 1 is 1.00 bits per heavy atom. The Kier molecular flexibility index (Phi) is 4.43. The van der Waals surface area contributed by atoms with Crippen LogP contribution in [-0.4, -0.2) is 47.8 Å². The van der Waals surface area contributed by atoms with Crippen LogP contribution in [0.3, 0.4) is 0 Å². The molecule has 1 aliphatic rings. The van der Waals surface area contributed by atoms with E-state index in [1.165, 1.54) is 24.3 Å². The zero-order valence-electron chi connectivity index (χ0n) is 12.8. The fourth-order valence-corrected chi connectivity index (χ4v) is 3.64. The molecule has 0 N–H and O–H groups in total. The lowest BCUT2D eigenvalue weighted by atomic mass is 10.2. The van der Waals surface area contributed by atoms with Gasteiger partial charge in [0.2, 0.25) is 5.91 Å². The van der Waals surface area contributed by atoms with Gasteiger partial charge in [0.25, 0.3) is 5.91 Å². The number of carbonyl (C=O) groups excluding carboxylic acids is 2. The third-order valence-corrected chi connectivity index (χ3v) is 5.07. The van der Waals surface area contributed by atoms with Gasteiger partial charge in [0, 0.05) is 43.5 Å². The van der Waals surface area contributed by atoms with Crippen molar-refractivity contribution in [1.29, 1.82) is 0 Å². The minimum Gasteiger partial charge on any atom is -0.339 e. The summed E-state index contributed by atoms with van der Waals surface area (Å²) >= 11 is 1.30. The van der Waals surface area contributed by atoms with E-state index in [2.05, 4.69) is 0 Å². The van der Waals surface area contributed by atoms with E-state index < -0.39 is 0 Å². The van der Waals surface area contributed by atoms with Crippen LogP contribution in [0.1, 0.15) is 16.6 Å². The molecule has 1 saturated heterocycles. The second-order valence-corrected chi connectivity index (χ2v) is 6.53. The number of nitrogens with zero attached hydrogens (tertiary/aromatic N) is 2. The fourth-order valence-electron chi connectivity index (χ4n) is 2.64. The molecule has 1 aromatic heterocycles. The van der Waals surface area contributed by atoms with E-state index in [4.69, 9.17) is 0 Å². The van der Waals surface area contributed by atoms with E-state index in [9.17, 15) is 14.0 Å². The van der Waals surface area contributed by atoms with Crippen LogP contribution in [0.4, 0.5) is 4.39 Å². The number of carbonyl (C=O) groups is 2. The lowest BCUT2D eigenvalue weighted by molar-refractivity contribution is -0.130. The summed E-state index contributed by atoms with van der Waals surface area (Å²) in [5.74, 6) is -0.306. The molecule has 2 amide bonds. The Hall–Kier alpha value is -2.21. The van der Waals surface area contributed by atoms with E-state index in [1.807, 2.05) is 0 Å². The molecular weight excluding hydrogens is 315 g/mol. The molecular formula is C17H17FN2O2S. The number of piperazine rings is 1. The standard InChI is InChI=1S/C17H17FN2O2S/c1-12(21)19-8-10-20(11-9-19)17(22)16-7-6-15(23-16)13-4-2-3-5-14(13)18/h2-7H,8-11H2,1H3. The Morgan fingerprint density at radius 2 is 1.65 bits per heavy atom. The van der Waals surface area contributed by atoms with Crippen LogP contribution in [0.2, 0.25) is 0 Å². The number of rotatable bonds is 2. The summed E-state index contributed by atoms with van der Waals surface area (Å²) in [5, 5.41) is 0. The number of hydrogen-bond acceptors (Lipinski definition) is 3. The monoisotopic (exact) mass is 332 g/mol. The molecule has 2 aromatic rings. The lowest BCUT2D eigenvalue weighted by Gasteiger charge is -2.33. The minimum absolute atomic E-state index is 0.0371. The van der Waals surface area contributed by atoms with Gasteiger partial charge in [0.15, 0.2) is 0 Å². The van der Waals surface area contributed by atoms with Gasteiger partial charge in [-0.05, 0) is 18.2 Å². The van der Waals surface area contributed by atoms with E-state index in [0.717, 1.165) is 4.88 Å². The maximum Gasteiger partial charge on any atom is 0.264 e. The SMILES string of the molecule is CC(=O)N1CCN(C(=O)c2ccc(-c3ccccc3F)s2)CC1. The molecule has 1 aromatic carbocycles. The van der Waals surface area contributed by atoms with Gasteiger partial charge in [-0.15, -0.1) is 11.3 Å². The largest absolute Gasteiger partial charge is 0.339 e. The lowest BCUT2D eigenvalue weighted by Crippen LogP contribution is -2.49. The first-order valence-electron chi connectivity index (χ1n) is 7.46. The van der Waals surface area contributed by atoms with E-state index >= 15 is 0 Å². The molecule has 1 aliphatic heterocycles. The first-order valence-corrected chi connectivity index (χ1v) is 8.27. The van der Waals surface area contributed by atoms with Crippen LogP contribution in [0.5, 0.6) is 0 Å². The Balaban J connectivity index is 1.72. The highest BCUT2D eigenvalue weighted by atomic mass is 32.1. The van der Waals surface area contributed by atoms with Gasteiger partial charge in [-0.3, -0.25) is 9.59 Å². The van der Waals surface area contributed by atoms with Crippen LogP contribution in [0.25, 0.3) is 10.4 Å². The molecule has 0 unspecified atom stereocenters. The van der Waals surface area contributed by atoms with Gasteiger partial charge >= 0.3 is 0 Å². The van der Waals surface area contributed by atoms with E-state index in [-0.39, 0.29) is 17.6 Å². The van der Waals surface area contributed by atoms with Crippen molar-refractivity contribution in [3.63, 3.8) is 0 Å². The van der Waals surface area contributed by atoms with Gasteiger partial charge < -0.3 is 9.80 Å². The first-order chi connectivity index (χ1) is 11.1. The topological polar surface area (TPSA) is 40.6 Å². The normalized spacial score (nSPS) is 14.9. The zero-order chi connectivity index (χ0) is 16.4. The summed E-state index contributed by atoms with van der Waals surface area (Å²) in [4.78, 5) is 28.7. The predicted molar refractivity (Wildman–Crippen MR) is 87.9 cm³/mol. The van der Waals surface area contributed by atoms with Crippen LogP contribution in [0.15, 0.2) is 36.4 Å². The molecule has 0 radical (unpaired) electrons. The molecule has 0 spiro atoms. The van der Waals surface area contributed by atoms with Crippen molar-refractivity contribution in [1.82, 2.24) is 9.80 Å². The smallest absolute Gasteiger partial charge is 0.264 e. The van der Waals surface area contributed by atoms with Crippen LogP contribution in [0, 0.1) is 5.82 Å². The maximum atomic E-state index is 13.8. The summed E-state index contributed by atoms with van der Waals surface area (Å²) in [7, 11) is 0. The molecule has 2 heterocycles. The second kappa shape index (κ2) is 6.50. The number of benzene rings is 1. The molecule has 0 aliphatic carbocycles. The van der Waals surface area contributed by atoms with E-state index in [1.54, 1.807) is 40.1 Å². The highest BCUT2D eigenvalue weighted by molar-refractivity contribution is 7.17. The molecule has 4 nitrogen and oxygen atoms in total. The highest BCUT2D eigenvalue weighted by Crippen LogP contribution is 2.30. The Bertz CT molecular complexity index is 736. The molecule has 0 saturated carbocycles. The third kappa shape index (κ3) is 3.27. The summed E-state index contributed by atoms with van der Waals surface area (Å²) in [6, 6.07) is 10.1. The van der Waals surface area contributed by atoms with Gasteiger partial charge in [0.05, 0.1) is 4.88 Å². The summed E-state index contributed by atoms with van der Waals surface area (Å²) < 4.78 is 13.8. The molecule has 120 valence electrons. The van der Waals surface area contributed by atoms with Crippen LogP contribution in [-0.2, 0) is 4.79 Å². The second-order valence-electron chi connectivity index (χ2n) is 5.44. The number of halogens is 1. The van der Waals surface area contributed by atoms with Crippen molar-refractivity contribution < 1.29 is 14.0 Å². The summed E-state index contributed by atoms with van der Waals surface area (Å²) in [6.45, 7) is 3.73. The molecule has 0 atom stereocenters. The van der Waals surface area contributed by atoms with Gasteiger partial charge in [-0.25, -0.2) is 4.39 Å². The van der Waals surface area contributed by atoms with Crippen LogP contribution < -0.4 is 0 Å². The Morgan fingerprint density at radius 3 is 2.30 bits per heavy atom. The van der Waals surface area contributed by atoms with Crippen molar-refractivity contribution >= 4 is 23.2 Å². The van der Waals surface area contributed by atoms with Crippen molar-refractivity contribution in [2.24, 2.45) is 0 Å². The zero-order valence-corrected chi connectivity index (χ0v) is 13.6. The molecule has 1 fully saturated rings. The van der Waals surface area contributed by atoms with Crippen molar-refractivity contribution in [3.8, 4) is 10.4 Å². The van der Waals surface area contributed by atoms with Gasteiger partial charge in [0.1, 0.15) is 5.82 Å². The predicted octanol–water partition coefficient (Wildman–Crippen LogP) is 2.86. The number of hydrogen-bond donors (Lipinski definition) is 0. The molecule has 23 heavy (non-hydrogen) atoms. The minimum atomic E-state index is -0.288. The Labute approximate surface area is 138 Å². The number of amides is 2. The molecule has 6 heteroatoms. The summed E-state index contributed by atoms with van der Waals surface area (Å²) in [5.41, 5.74) is 0.512. The van der Waals surface area contributed by atoms with Gasteiger partial charge in [-0.1, -0.05) is 18.2 Å². The number of thiophene rings is 1. The summed E-state index contributed by atoms with van der Waals surface area (Å²) in [6.07, 6.45) is 0. The average Bonchev–Trinajstić information content (AvgIpc) is 3.04. The van der Waals surface area contributed by atoms with Crippen LogP contribution >= 0.6 is 11.3 Å². The molecule has 3 rings (SSSR count).